The smallest absolute Gasteiger partial charge is 0.134 e. The summed E-state index contributed by atoms with van der Waals surface area (Å²) in [5.74, 6) is 2.88. The van der Waals surface area contributed by atoms with E-state index in [2.05, 4.69) is 40.8 Å². The average Bonchev–Trinajstić information content (AvgIpc) is 2.59. The monoisotopic (exact) mass is 235 g/mol. The molecule has 5 heteroatoms. The number of nitrogens with zero attached hydrogens (tertiary/aromatic N) is 4. The van der Waals surface area contributed by atoms with E-state index in [9.17, 15) is 0 Å². The van der Waals surface area contributed by atoms with Crippen molar-refractivity contribution in [2.75, 3.05) is 37.8 Å². The zero-order valence-corrected chi connectivity index (χ0v) is 11.0. The minimum atomic E-state index is 0.549. The Balaban J connectivity index is 2.19. The van der Waals surface area contributed by atoms with Crippen molar-refractivity contribution in [3.05, 3.63) is 11.9 Å². The normalized spacial score (nSPS) is 24.6. The van der Waals surface area contributed by atoms with Crippen LogP contribution in [-0.2, 0) is 0 Å². The van der Waals surface area contributed by atoms with Crippen molar-refractivity contribution in [2.45, 2.75) is 19.9 Å². The number of likely N-dealkylation sites (N-methyl/N-ethyl adjacent to an activating group) is 1. The van der Waals surface area contributed by atoms with E-state index in [1.807, 2.05) is 13.0 Å². The number of nitrogens with two attached hydrogens (primary N) is 1. The summed E-state index contributed by atoms with van der Waals surface area (Å²) in [5, 5.41) is 0. The quantitative estimate of drug-likeness (QED) is 0.820. The summed E-state index contributed by atoms with van der Waals surface area (Å²) in [4.78, 5) is 13.1. The van der Waals surface area contributed by atoms with Crippen molar-refractivity contribution >= 4 is 11.6 Å². The molecule has 2 atom stereocenters. The van der Waals surface area contributed by atoms with Gasteiger partial charge in [0.1, 0.15) is 17.5 Å². The lowest BCUT2D eigenvalue weighted by Crippen LogP contribution is -2.34. The lowest BCUT2D eigenvalue weighted by molar-refractivity contribution is 0.266. The molecule has 94 valence electrons. The topological polar surface area (TPSA) is 58.3 Å². The lowest BCUT2D eigenvalue weighted by atomic mass is 10.1. The summed E-state index contributed by atoms with van der Waals surface area (Å²) >= 11 is 0. The predicted molar refractivity (Wildman–Crippen MR) is 70.0 cm³/mol. The summed E-state index contributed by atoms with van der Waals surface area (Å²) in [5.41, 5.74) is 5.77. The lowest BCUT2D eigenvalue weighted by Gasteiger charge is -2.22. The highest BCUT2D eigenvalue weighted by molar-refractivity contribution is 5.48. The molecule has 1 saturated heterocycles. The van der Waals surface area contributed by atoms with Crippen LogP contribution in [0.15, 0.2) is 6.07 Å². The Morgan fingerprint density at radius 3 is 2.59 bits per heavy atom. The van der Waals surface area contributed by atoms with Gasteiger partial charge in [-0.25, -0.2) is 9.97 Å². The Hall–Kier alpha value is -1.36. The Kier molecular flexibility index (Phi) is 3.19. The van der Waals surface area contributed by atoms with Crippen LogP contribution in [0, 0.1) is 12.8 Å². The highest BCUT2D eigenvalue weighted by atomic mass is 15.3. The molecule has 0 radical (unpaired) electrons. The molecular formula is C12H21N5. The minimum Gasteiger partial charge on any atom is -0.384 e. The molecule has 2 heterocycles. The van der Waals surface area contributed by atoms with Gasteiger partial charge < -0.3 is 15.5 Å². The molecule has 0 aliphatic carbocycles. The van der Waals surface area contributed by atoms with Gasteiger partial charge in [-0.15, -0.1) is 0 Å². The first-order chi connectivity index (χ1) is 7.97. The van der Waals surface area contributed by atoms with Gasteiger partial charge in [0.05, 0.1) is 0 Å². The van der Waals surface area contributed by atoms with E-state index in [1.165, 1.54) is 0 Å². The first-order valence-electron chi connectivity index (χ1n) is 6.00. The molecule has 1 aliphatic rings. The summed E-state index contributed by atoms with van der Waals surface area (Å²) < 4.78 is 0. The molecule has 0 bridgehead atoms. The van der Waals surface area contributed by atoms with Gasteiger partial charge in [-0.05, 0) is 26.9 Å². The molecule has 0 saturated carbocycles. The molecule has 1 aliphatic heterocycles. The fourth-order valence-electron chi connectivity index (χ4n) is 2.55. The van der Waals surface area contributed by atoms with E-state index < -0.39 is 0 Å². The number of rotatable bonds is 2. The average molecular weight is 235 g/mol. The van der Waals surface area contributed by atoms with Gasteiger partial charge in [0.2, 0.25) is 0 Å². The van der Waals surface area contributed by atoms with Gasteiger partial charge in [0.25, 0.3) is 0 Å². The van der Waals surface area contributed by atoms with Crippen LogP contribution in [0.4, 0.5) is 11.6 Å². The van der Waals surface area contributed by atoms with Crippen LogP contribution < -0.4 is 10.6 Å². The van der Waals surface area contributed by atoms with Crippen molar-refractivity contribution in [1.82, 2.24) is 14.9 Å². The van der Waals surface area contributed by atoms with Crippen molar-refractivity contribution in [3.8, 4) is 0 Å². The fourth-order valence-corrected chi connectivity index (χ4v) is 2.55. The second-order valence-corrected chi connectivity index (χ2v) is 5.11. The molecule has 2 N–H and O–H groups in total. The first kappa shape index (κ1) is 12.1. The van der Waals surface area contributed by atoms with Crippen LogP contribution in [0.1, 0.15) is 12.7 Å². The highest BCUT2D eigenvalue weighted by Crippen LogP contribution is 2.25. The predicted octanol–water partition coefficient (Wildman–Crippen LogP) is 0.754. The third-order valence-electron chi connectivity index (χ3n) is 3.40. The maximum Gasteiger partial charge on any atom is 0.134 e. The van der Waals surface area contributed by atoms with Gasteiger partial charge >= 0.3 is 0 Å². The van der Waals surface area contributed by atoms with E-state index in [1.54, 1.807) is 0 Å². The van der Waals surface area contributed by atoms with Crippen LogP contribution >= 0.6 is 0 Å². The molecule has 2 rings (SSSR count). The Labute approximate surface area is 103 Å². The summed E-state index contributed by atoms with van der Waals surface area (Å²) in [6.45, 7) is 6.19. The van der Waals surface area contributed by atoms with E-state index in [0.29, 0.717) is 17.8 Å². The van der Waals surface area contributed by atoms with Gasteiger partial charge in [-0.3, -0.25) is 0 Å². The first-order valence-corrected chi connectivity index (χ1v) is 6.00. The maximum absolute atomic E-state index is 5.77. The second kappa shape index (κ2) is 4.49. The summed E-state index contributed by atoms with van der Waals surface area (Å²) in [6, 6.07) is 2.43. The number of hydrogen-bond acceptors (Lipinski definition) is 5. The zero-order chi connectivity index (χ0) is 12.6. The SMILES string of the molecule is Cc1nc(N)cc(N2CC(C)C(N(C)C)C2)n1. The van der Waals surface area contributed by atoms with E-state index in [4.69, 9.17) is 5.73 Å². The van der Waals surface area contributed by atoms with Gasteiger partial charge in [0, 0.05) is 25.2 Å². The van der Waals surface area contributed by atoms with E-state index >= 15 is 0 Å². The molecule has 17 heavy (non-hydrogen) atoms. The third-order valence-corrected chi connectivity index (χ3v) is 3.40. The van der Waals surface area contributed by atoms with Crippen molar-refractivity contribution in [3.63, 3.8) is 0 Å². The van der Waals surface area contributed by atoms with Crippen LogP contribution in [-0.4, -0.2) is 48.1 Å². The number of aryl methyl sites for hydroxylation is 1. The van der Waals surface area contributed by atoms with E-state index in [-0.39, 0.29) is 0 Å². The summed E-state index contributed by atoms with van der Waals surface area (Å²) in [7, 11) is 4.26. The van der Waals surface area contributed by atoms with Gasteiger partial charge in [0.15, 0.2) is 0 Å². The molecule has 1 aromatic heterocycles. The molecule has 0 amide bonds. The van der Waals surface area contributed by atoms with Crippen molar-refractivity contribution in [1.29, 1.82) is 0 Å². The molecule has 0 spiro atoms. The van der Waals surface area contributed by atoms with Crippen LogP contribution in [0.5, 0.6) is 0 Å². The fraction of sp³-hybridized carbons (Fsp3) is 0.667. The molecule has 2 unspecified atom stereocenters. The Morgan fingerprint density at radius 2 is 2.06 bits per heavy atom. The van der Waals surface area contributed by atoms with Crippen molar-refractivity contribution < 1.29 is 0 Å². The molecular weight excluding hydrogens is 214 g/mol. The number of nitrogen functional groups attached to an aromatic ring is 1. The van der Waals surface area contributed by atoms with Crippen LogP contribution in [0.25, 0.3) is 0 Å². The zero-order valence-electron chi connectivity index (χ0n) is 11.0. The molecule has 1 fully saturated rings. The standard InChI is InChI=1S/C12H21N5/c1-8-6-17(7-10(8)16(3)4)12-5-11(13)14-9(2)15-12/h5,8,10H,6-7H2,1-4H3,(H2,13,14,15). The van der Waals surface area contributed by atoms with Crippen molar-refractivity contribution in [2.24, 2.45) is 5.92 Å². The second-order valence-electron chi connectivity index (χ2n) is 5.11. The Bertz CT molecular complexity index is 384. The third kappa shape index (κ3) is 2.49. The molecule has 1 aromatic rings. The largest absolute Gasteiger partial charge is 0.384 e. The maximum atomic E-state index is 5.77. The van der Waals surface area contributed by atoms with Crippen LogP contribution in [0.2, 0.25) is 0 Å². The molecule has 0 aromatic carbocycles. The van der Waals surface area contributed by atoms with Crippen LogP contribution in [0.3, 0.4) is 0 Å². The van der Waals surface area contributed by atoms with Gasteiger partial charge in [-0.2, -0.15) is 0 Å². The Morgan fingerprint density at radius 1 is 1.35 bits per heavy atom. The summed E-state index contributed by atoms with van der Waals surface area (Å²) in [6.07, 6.45) is 0. The van der Waals surface area contributed by atoms with E-state index in [0.717, 1.165) is 24.7 Å². The van der Waals surface area contributed by atoms with Gasteiger partial charge in [-0.1, -0.05) is 6.92 Å². The number of hydrogen-bond donors (Lipinski definition) is 1. The molecule has 5 nitrogen and oxygen atoms in total. The number of aromatic nitrogens is 2. The minimum absolute atomic E-state index is 0.549. The highest BCUT2D eigenvalue weighted by Gasteiger charge is 2.31. The number of anilines is 2.